The number of methoxy groups -OCH3 is 1. The van der Waals surface area contributed by atoms with Crippen molar-refractivity contribution in [3.63, 3.8) is 0 Å². The molecular weight excluding hydrogens is 146 g/mol. The SMILES string of the molecule is COC(N=[N+]=[N-])C(=O)Cl. The largest absolute Gasteiger partial charge is 0.367 e. The fraction of sp³-hybridized carbons (Fsp3) is 0.667. The molecule has 0 fully saturated rings. The van der Waals surface area contributed by atoms with Gasteiger partial charge >= 0.3 is 0 Å². The first-order valence-corrected chi connectivity index (χ1v) is 2.36. The first kappa shape index (κ1) is 8.23. The van der Waals surface area contributed by atoms with Crippen molar-refractivity contribution in [2.45, 2.75) is 6.23 Å². The Hall–Kier alpha value is -0.770. The molecule has 0 radical (unpaired) electrons. The standard InChI is InChI=1S/C3H4ClN3O2/c1-9-3(2(4)8)6-7-5/h3H,1H3. The second-order valence-electron chi connectivity index (χ2n) is 1.10. The van der Waals surface area contributed by atoms with Gasteiger partial charge in [-0.1, -0.05) is 5.11 Å². The van der Waals surface area contributed by atoms with Gasteiger partial charge in [-0.3, -0.25) is 4.79 Å². The van der Waals surface area contributed by atoms with E-state index >= 15 is 0 Å². The number of nitrogens with zero attached hydrogens (tertiary/aromatic N) is 3. The van der Waals surface area contributed by atoms with Crippen LogP contribution in [0.25, 0.3) is 10.4 Å². The number of rotatable bonds is 3. The molecule has 0 N–H and O–H groups in total. The third-order valence-electron chi connectivity index (χ3n) is 0.574. The van der Waals surface area contributed by atoms with Crippen LogP contribution in [0, 0.1) is 0 Å². The molecule has 1 unspecified atom stereocenters. The predicted octanol–water partition coefficient (Wildman–Crippen LogP) is 1.03. The maximum atomic E-state index is 10.1. The first-order valence-electron chi connectivity index (χ1n) is 1.98. The van der Waals surface area contributed by atoms with Crippen LogP contribution in [-0.4, -0.2) is 18.6 Å². The lowest BCUT2D eigenvalue weighted by Crippen LogP contribution is -2.13. The van der Waals surface area contributed by atoms with E-state index in [1.165, 1.54) is 7.11 Å². The molecule has 0 aromatic rings. The number of hydrogen-bond acceptors (Lipinski definition) is 3. The van der Waals surface area contributed by atoms with Crippen LogP contribution < -0.4 is 0 Å². The number of carbonyl (C=O) groups is 1. The molecule has 5 nitrogen and oxygen atoms in total. The summed E-state index contributed by atoms with van der Waals surface area (Å²) in [6.45, 7) is 0. The van der Waals surface area contributed by atoms with E-state index < -0.39 is 11.5 Å². The summed E-state index contributed by atoms with van der Waals surface area (Å²) in [6.07, 6.45) is -1.20. The lowest BCUT2D eigenvalue weighted by Gasteiger charge is -1.98. The molecule has 0 heterocycles. The molecule has 0 rings (SSSR count). The Morgan fingerprint density at radius 3 is 2.67 bits per heavy atom. The lowest BCUT2D eigenvalue weighted by atomic mass is 10.7. The molecule has 1 atom stereocenters. The molecule has 0 spiro atoms. The highest BCUT2D eigenvalue weighted by Crippen LogP contribution is 1.97. The highest BCUT2D eigenvalue weighted by atomic mass is 35.5. The third-order valence-corrected chi connectivity index (χ3v) is 0.761. The fourth-order valence-corrected chi connectivity index (χ4v) is 0.365. The van der Waals surface area contributed by atoms with Gasteiger partial charge in [-0.15, -0.1) is 0 Å². The minimum absolute atomic E-state index is 0.824. The molecule has 0 saturated carbocycles. The van der Waals surface area contributed by atoms with Gasteiger partial charge in [0.05, 0.1) is 0 Å². The van der Waals surface area contributed by atoms with Crippen LogP contribution in [0.5, 0.6) is 0 Å². The van der Waals surface area contributed by atoms with Crippen molar-refractivity contribution in [2.75, 3.05) is 7.11 Å². The Labute approximate surface area is 56.2 Å². The van der Waals surface area contributed by atoms with Gasteiger partial charge in [0, 0.05) is 12.0 Å². The Morgan fingerprint density at radius 1 is 2.00 bits per heavy atom. The van der Waals surface area contributed by atoms with Gasteiger partial charge in [0.25, 0.3) is 5.24 Å². The van der Waals surface area contributed by atoms with Crippen molar-refractivity contribution >= 4 is 16.8 Å². The van der Waals surface area contributed by atoms with Crippen LogP contribution in [0.3, 0.4) is 0 Å². The normalized spacial score (nSPS) is 11.8. The van der Waals surface area contributed by atoms with Crippen LogP contribution in [-0.2, 0) is 9.53 Å². The number of carbonyl (C=O) groups excluding carboxylic acids is 1. The lowest BCUT2D eigenvalue weighted by molar-refractivity contribution is -0.120. The van der Waals surface area contributed by atoms with Crippen LogP contribution in [0.4, 0.5) is 0 Å². The van der Waals surface area contributed by atoms with E-state index in [4.69, 9.17) is 17.1 Å². The van der Waals surface area contributed by atoms with E-state index in [-0.39, 0.29) is 0 Å². The summed E-state index contributed by atoms with van der Waals surface area (Å²) in [5.41, 5.74) is 7.78. The average Bonchev–Trinajstić information content (AvgIpc) is 1.82. The van der Waals surface area contributed by atoms with Gasteiger partial charge in [0.15, 0.2) is 0 Å². The quantitative estimate of drug-likeness (QED) is 0.260. The number of halogens is 1. The molecule has 0 bridgehead atoms. The van der Waals surface area contributed by atoms with Gasteiger partial charge in [-0.05, 0) is 17.1 Å². The highest BCUT2D eigenvalue weighted by molar-refractivity contribution is 6.64. The van der Waals surface area contributed by atoms with E-state index in [0.717, 1.165) is 0 Å². The predicted molar refractivity (Wildman–Crippen MR) is 30.8 cm³/mol. The van der Waals surface area contributed by atoms with Crippen molar-refractivity contribution in [1.82, 2.24) is 0 Å². The van der Waals surface area contributed by atoms with Crippen molar-refractivity contribution in [2.24, 2.45) is 5.11 Å². The molecule has 0 aliphatic carbocycles. The van der Waals surface area contributed by atoms with Gasteiger partial charge in [-0.25, -0.2) is 0 Å². The van der Waals surface area contributed by atoms with Crippen molar-refractivity contribution in [1.29, 1.82) is 0 Å². The summed E-state index contributed by atoms with van der Waals surface area (Å²) >= 11 is 4.89. The third kappa shape index (κ3) is 2.92. The Kier molecular flexibility index (Phi) is 3.79. The molecule has 9 heavy (non-hydrogen) atoms. The second kappa shape index (κ2) is 4.14. The molecule has 0 aromatic carbocycles. The molecular formula is C3H4ClN3O2. The van der Waals surface area contributed by atoms with Gasteiger partial charge in [-0.2, -0.15) is 0 Å². The van der Waals surface area contributed by atoms with E-state index in [0.29, 0.717) is 0 Å². The second-order valence-corrected chi connectivity index (χ2v) is 1.47. The maximum Gasteiger partial charge on any atom is 0.256 e. The molecule has 0 aromatic heterocycles. The summed E-state index contributed by atoms with van der Waals surface area (Å²) < 4.78 is 4.35. The monoisotopic (exact) mass is 149 g/mol. The summed E-state index contributed by atoms with van der Waals surface area (Å²) in [6, 6.07) is 0. The van der Waals surface area contributed by atoms with Gasteiger partial charge in [0.2, 0.25) is 6.23 Å². The molecule has 0 saturated heterocycles. The highest BCUT2D eigenvalue weighted by Gasteiger charge is 2.10. The topological polar surface area (TPSA) is 75.1 Å². The molecule has 50 valence electrons. The van der Waals surface area contributed by atoms with E-state index in [9.17, 15) is 4.79 Å². The van der Waals surface area contributed by atoms with Crippen LogP contribution >= 0.6 is 11.6 Å². The van der Waals surface area contributed by atoms with E-state index in [1.807, 2.05) is 0 Å². The van der Waals surface area contributed by atoms with Crippen LogP contribution in [0.2, 0.25) is 0 Å². The minimum atomic E-state index is -1.20. The molecule has 0 aliphatic rings. The number of ether oxygens (including phenoxy) is 1. The summed E-state index contributed by atoms with van der Waals surface area (Å²) in [7, 11) is 1.22. The van der Waals surface area contributed by atoms with Crippen molar-refractivity contribution in [3.8, 4) is 0 Å². The van der Waals surface area contributed by atoms with Gasteiger partial charge < -0.3 is 4.74 Å². The summed E-state index contributed by atoms with van der Waals surface area (Å²) in [4.78, 5) is 12.5. The number of azide groups is 1. The maximum absolute atomic E-state index is 10.1. The molecule has 6 heteroatoms. The first-order chi connectivity index (χ1) is 4.22. The smallest absolute Gasteiger partial charge is 0.256 e. The minimum Gasteiger partial charge on any atom is -0.367 e. The zero-order valence-corrected chi connectivity index (χ0v) is 5.37. The van der Waals surface area contributed by atoms with Crippen molar-refractivity contribution in [3.05, 3.63) is 10.4 Å². The van der Waals surface area contributed by atoms with Gasteiger partial charge in [0.1, 0.15) is 0 Å². The summed E-state index contributed by atoms with van der Waals surface area (Å²) in [5, 5.41) is 2.10. The fourth-order valence-electron chi connectivity index (χ4n) is 0.232. The summed E-state index contributed by atoms with van der Waals surface area (Å²) in [5.74, 6) is 0. The van der Waals surface area contributed by atoms with E-state index in [1.54, 1.807) is 0 Å². The zero-order chi connectivity index (χ0) is 7.28. The number of hydrogen-bond donors (Lipinski definition) is 0. The van der Waals surface area contributed by atoms with Crippen molar-refractivity contribution < 1.29 is 9.53 Å². The molecule has 0 amide bonds. The Bertz CT molecular complexity index is 151. The Morgan fingerprint density at radius 2 is 2.56 bits per heavy atom. The Balaban J connectivity index is 3.98. The van der Waals surface area contributed by atoms with E-state index in [2.05, 4.69) is 14.8 Å². The zero-order valence-electron chi connectivity index (χ0n) is 4.61. The average molecular weight is 150 g/mol. The molecule has 0 aliphatic heterocycles. The van der Waals surface area contributed by atoms with Crippen LogP contribution in [0.15, 0.2) is 5.11 Å². The van der Waals surface area contributed by atoms with Crippen LogP contribution in [0.1, 0.15) is 0 Å².